The molecule has 1 aliphatic heterocycles. The van der Waals surface area contributed by atoms with Crippen LogP contribution < -0.4 is 5.32 Å². The highest BCUT2D eigenvalue weighted by Crippen LogP contribution is 2.15. The van der Waals surface area contributed by atoms with Gasteiger partial charge in [0, 0.05) is 31.6 Å². The first-order valence-corrected chi connectivity index (χ1v) is 7.12. The summed E-state index contributed by atoms with van der Waals surface area (Å²) < 4.78 is 5.99. The average molecular weight is 320 g/mol. The Morgan fingerprint density at radius 3 is 3.00 bits per heavy atom. The minimum atomic E-state index is -0.111. The normalized spacial score (nSPS) is 17.0. The Balaban J connectivity index is 1.69. The van der Waals surface area contributed by atoms with E-state index in [4.69, 9.17) is 4.74 Å². The largest absolute Gasteiger partial charge is 0.379 e. The summed E-state index contributed by atoms with van der Waals surface area (Å²) in [4.78, 5) is 18.0. The number of nitrogens with zero attached hydrogens (tertiary/aromatic N) is 2. The number of aromatic nitrogens is 1. The Labute approximate surface area is 112 Å². The number of rotatable bonds is 4. The van der Waals surface area contributed by atoms with Crippen molar-refractivity contribution in [2.45, 2.75) is 0 Å². The molecule has 1 amide bonds. The molecule has 1 N–H and O–H groups in total. The van der Waals surface area contributed by atoms with Gasteiger partial charge in [-0.15, -0.1) is 11.3 Å². The van der Waals surface area contributed by atoms with Crippen LogP contribution >= 0.6 is 27.3 Å². The molecule has 1 aromatic heterocycles. The van der Waals surface area contributed by atoms with Crippen LogP contribution in [0.2, 0.25) is 0 Å². The van der Waals surface area contributed by atoms with Gasteiger partial charge in [0.1, 0.15) is 5.69 Å². The minimum Gasteiger partial charge on any atom is -0.379 e. The fourth-order valence-corrected chi connectivity index (χ4v) is 2.59. The van der Waals surface area contributed by atoms with Gasteiger partial charge in [0.05, 0.1) is 13.2 Å². The molecular weight excluding hydrogens is 306 g/mol. The van der Waals surface area contributed by atoms with Gasteiger partial charge in [0.2, 0.25) is 0 Å². The van der Waals surface area contributed by atoms with Crippen LogP contribution in [0.4, 0.5) is 0 Å². The molecule has 17 heavy (non-hydrogen) atoms. The van der Waals surface area contributed by atoms with Gasteiger partial charge in [0.15, 0.2) is 3.92 Å². The molecule has 0 spiro atoms. The second-order valence-corrected chi connectivity index (χ2v) is 5.83. The molecule has 0 aromatic carbocycles. The molecule has 2 rings (SSSR count). The number of amides is 1. The van der Waals surface area contributed by atoms with Crippen LogP contribution in [-0.4, -0.2) is 55.2 Å². The highest BCUT2D eigenvalue weighted by atomic mass is 79.9. The van der Waals surface area contributed by atoms with Crippen molar-refractivity contribution in [3.63, 3.8) is 0 Å². The zero-order chi connectivity index (χ0) is 12.1. The lowest BCUT2D eigenvalue weighted by Gasteiger charge is -2.26. The Bertz CT molecular complexity index is 379. The summed E-state index contributed by atoms with van der Waals surface area (Å²) in [5.41, 5.74) is 0.476. The van der Waals surface area contributed by atoms with Crippen molar-refractivity contribution >= 4 is 33.2 Å². The minimum absolute atomic E-state index is 0.111. The first-order chi connectivity index (χ1) is 8.25. The first kappa shape index (κ1) is 12.9. The number of ether oxygens (including phenoxy) is 1. The van der Waals surface area contributed by atoms with E-state index in [1.54, 1.807) is 5.38 Å². The fourth-order valence-electron chi connectivity index (χ4n) is 1.60. The van der Waals surface area contributed by atoms with E-state index in [1.807, 2.05) is 0 Å². The van der Waals surface area contributed by atoms with Gasteiger partial charge in [-0.25, -0.2) is 4.98 Å². The maximum Gasteiger partial charge on any atom is 0.270 e. The Morgan fingerprint density at radius 1 is 1.59 bits per heavy atom. The van der Waals surface area contributed by atoms with Crippen LogP contribution in [0.25, 0.3) is 0 Å². The van der Waals surface area contributed by atoms with E-state index in [2.05, 4.69) is 31.1 Å². The molecule has 7 heteroatoms. The van der Waals surface area contributed by atoms with Gasteiger partial charge in [-0.3, -0.25) is 9.69 Å². The van der Waals surface area contributed by atoms with Crippen LogP contribution in [0.5, 0.6) is 0 Å². The SMILES string of the molecule is O=C(NCCN1CCOCC1)c1csc(Br)n1. The summed E-state index contributed by atoms with van der Waals surface area (Å²) in [6, 6.07) is 0. The molecule has 0 atom stereocenters. The zero-order valence-corrected chi connectivity index (χ0v) is 11.7. The van der Waals surface area contributed by atoms with Crippen molar-refractivity contribution in [3.8, 4) is 0 Å². The summed E-state index contributed by atoms with van der Waals surface area (Å²) in [6.07, 6.45) is 0. The number of hydrogen-bond donors (Lipinski definition) is 1. The van der Waals surface area contributed by atoms with E-state index in [1.165, 1.54) is 11.3 Å². The van der Waals surface area contributed by atoms with Crippen LogP contribution in [0, 0.1) is 0 Å². The van der Waals surface area contributed by atoms with Crippen molar-refractivity contribution in [2.24, 2.45) is 0 Å². The summed E-state index contributed by atoms with van der Waals surface area (Å²) in [6.45, 7) is 4.96. The van der Waals surface area contributed by atoms with E-state index < -0.39 is 0 Å². The third-order valence-corrected chi connectivity index (χ3v) is 3.89. The van der Waals surface area contributed by atoms with Crippen LogP contribution in [0.3, 0.4) is 0 Å². The van der Waals surface area contributed by atoms with Gasteiger partial charge in [0.25, 0.3) is 5.91 Å². The molecule has 0 unspecified atom stereocenters. The van der Waals surface area contributed by atoms with Gasteiger partial charge in [-0.05, 0) is 15.9 Å². The number of halogens is 1. The van der Waals surface area contributed by atoms with Crippen molar-refractivity contribution in [2.75, 3.05) is 39.4 Å². The third kappa shape index (κ3) is 4.02. The van der Waals surface area contributed by atoms with E-state index in [9.17, 15) is 4.79 Å². The molecule has 0 bridgehead atoms. The summed E-state index contributed by atoms with van der Waals surface area (Å²) >= 11 is 4.65. The summed E-state index contributed by atoms with van der Waals surface area (Å²) in [7, 11) is 0. The van der Waals surface area contributed by atoms with Crippen LogP contribution in [-0.2, 0) is 4.74 Å². The number of carbonyl (C=O) groups excluding carboxylic acids is 1. The molecule has 0 aliphatic carbocycles. The second-order valence-electron chi connectivity index (χ2n) is 3.70. The zero-order valence-electron chi connectivity index (χ0n) is 9.32. The smallest absolute Gasteiger partial charge is 0.270 e. The number of morpholine rings is 1. The molecule has 1 aliphatic rings. The average Bonchev–Trinajstić information content (AvgIpc) is 2.77. The number of hydrogen-bond acceptors (Lipinski definition) is 5. The Morgan fingerprint density at radius 2 is 2.35 bits per heavy atom. The van der Waals surface area contributed by atoms with Crippen LogP contribution in [0.1, 0.15) is 10.5 Å². The summed E-state index contributed by atoms with van der Waals surface area (Å²) in [5, 5.41) is 4.61. The highest BCUT2D eigenvalue weighted by Gasteiger charge is 2.12. The number of nitrogens with one attached hydrogen (secondary N) is 1. The van der Waals surface area contributed by atoms with Gasteiger partial charge < -0.3 is 10.1 Å². The van der Waals surface area contributed by atoms with Crippen LogP contribution in [0.15, 0.2) is 9.30 Å². The van der Waals surface area contributed by atoms with E-state index in [0.717, 1.165) is 36.8 Å². The summed E-state index contributed by atoms with van der Waals surface area (Å²) in [5.74, 6) is -0.111. The standard InChI is InChI=1S/C10H14BrN3O2S/c11-10-13-8(7-17-10)9(15)12-1-2-14-3-5-16-6-4-14/h7H,1-6H2,(H,12,15). The van der Waals surface area contributed by atoms with Crippen molar-refractivity contribution in [3.05, 3.63) is 15.0 Å². The van der Waals surface area contributed by atoms with Gasteiger partial charge in [-0.2, -0.15) is 0 Å². The fraction of sp³-hybridized carbons (Fsp3) is 0.600. The van der Waals surface area contributed by atoms with E-state index in [-0.39, 0.29) is 5.91 Å². The van der Waals surface area contributed by atoms with Crippen molar-refractivity contribution in [1.82, 2.24) is 15.2 Å². The lowest BCUT2D eigenvalue weighted by molar-refractivity contribution is 0.0383. The predicted octanol–water partition coefficient (Wildman–Crippen LogP) is 0.968. The van der Waals surface area contributed by atoms with Crippen molar-refractivity contribution < 1.29 is 9.53 Å². The molecule has 1 fully saturated rings. The third-order valence-electron chi connectivity index (χ3n) is 2.53. The maximum absolute atomic E-state index is 11.7. The molecule has 5 nitrogen and oxygen atoms in total. The molecule has 94 valence electrons. The maximum atomic E-state index is 11.7. The molecule has 1 saturated heterocycles. The number of carbonyl (C=O) groups is 1. The second kappa shape index (κ2) is 6.44. The molecule has 2 heterocycles. The monoisotopic (exact) mass is 319 g/mol. The topological polar surface area (TPSA) is 54.5 Å². The lowest BCUT2D eigenvalue weighted by Crippen LogP contribution is -2.41. The van der Waals surface area contributed by atoms with Gasteiger partial charge in [-0.1, -0.05) is 0 Å². The number of thiazole rings is 1. The predicted molar refractivity (Wildman–Crippen MR) is 69.4 cm³/mol. The lowest BCUT2D eigenvalue weighted by atomic mass is 10.4. The quantitative estimate of drug-likeness (QED) is 0.898. The molecule has 0 saturated carbocycles. The molecule has 0 radical (unpaired) electrons. The van der Waals surface area contributed by atoms with Crippen molar-refractivity contribution in [1.29, 1.82) is 0 Å². The Hall–Kier alpha value is -0.500. The van der Waals surface area contributed by atoms with E-state index >= 15 is 0 Å². The molecule has 1 aromatic rings. The molecular formula is C10H14BrN3O2S. The van der Waals surface area contributed by atoms with E-state index in [0.29, 0.717) is 12.2 Å². The highest BCUT2D eigenvalue weighted by molar-refractivity contribution is 9.11. The first-order valence-electron chi connectivity index (χ1n) is 5.45. The van der Waals surface area contributed by atoms with Gasteiger partial charge >= 0.3 is 0 Å². The Kier molecular flexibility index (Phi) is 4.90.